The molecule has 2 N–H and O–H groups in total. The van der Waals surface area contributed by atoms with Crippen molar-refractivity contribution in [1.29, 1.82) is 5.26 Å². The number of nitrogens with one attached hydrogen (secondary N) is 1. The van der Waals surface area contributed by atoms with Gasteiger partial charge in [-0.25, -0.2) is 4.98 Å². The van der Waals surface area contributed by atoms with Gasteiger partial charge < -0.3 is 10.1 Å². The van der Waals surface area contributed by atoms with Gasteiger partial charge in [-0.15, -0.1) is 0 Å². The first-order valence-electron chi connectivity index (χ1n) is 5.39. The Hall–Kier alpha value is -1.34. The first-order valence-corrected chi connectivity index (χ1v) is 5.39. The summed E-state index contributed by atoms with van der Waals surface area (Å²) in [5.74, 6) is 0.791. The maximum atomic E-state index is 9.79. The number of aliphatic hydroxyl groups excluding tert-OH is 1. The van der Waals surface area contributed by atoms with Gasteiger partial charge in [0.25, 0.3) is 0 Å². The molecule has 1 heterocycles. The number of aromatic nitrogens is 2. The Morgan fingerprint density at radius 2 is 2.20 bits per heavy atom. The third kappa shape index (κ3) is 2.80. The van der Waals surface area contributed by atoms with Crippen molar-refractivity contribution >= 4 is 0 Å². The van der Waals surface area contributed by atoms with Gasteiger partial charge in [0.1, 0.15) is 11.9 Å². The smallest absolute Gasteiger partial charge is 0.164 e. The molecular formula is C11H17N3O. The van der Waals surface area contributed by atoms with E-state index in [1.807, 2.05) is 13.0 Å². The van der Waals surface area contributed by atoms with Gasteiger partial charge in [-0.1, -0.05) is 20.3 Å². The molecule has 0 saturated heterocycles. The molecule has 0 spiro atoms. The van der Waals surface area contributed by atoms with Crippen LogP contribution in [-0.2, 0) is 6.42 Å². The number of imidazole rings is 1. The van der Waals surface area contributed by atoms with Crippen LogP contribution >= 0.6 is 0 Å². The van der Waals surface area contributed by atoms with E-state index in [2.05, 4.69) is 16.9 Å². The molecule has 1 aromatic rings. The number of H-pyrrole nitrogens is 1. The fourth-order valence-electron chi connectivity index (χ4n) is 1.54. The van der Waals surface area contributed by atoms with E-state index in [-0.39, 0.29) is 0 Å². The number of aryl methyl sites for hydroxylation is 1. The standard InChI is InChI=1S/C11H17N3O/c1-3-5-9(15)11-8(7-12)13-10(14-11)6-4-2/h9,15H,3-6H2,1-2H3,(H,13,14). The summed E-state index contributed by atoms with van der Waals surface area (Å²) in [6.45, 7) is 4.05. The molecule has 0 saturated carbocycles. The van der Waals surface area contributed by atoms with E-state index >= 15 is 0 Å². The highest BCUT2D eigenvalue weighted by Gasteiger charge is 2.16. The summed E-state index contributed by atoms with van der Waals surface area (Å²) in [6.07, 6.45) is 2.73. The Labute approximate surface area is 90.0 Å². The van der Waals surface area contributed by atoms with Gasteiger partial charge in [-0.05, 0) is 12.8 Å². The fourth-order valence-corrected chi connectivity index (χ4v) is 1.54. The Bertz CT molecular complexity index is 351. The Morgan fingerprint density at radius 1 is 1.47 bits per heavy atom. The summed E-state index contributed by atoms with van der Waals surface area (Å²) in [5, 5.41) is 18.7. The van der Waals surface area contributed by atoms with Crippen molar-refractivity contribution in [3.63, 3.8) is 0 Å². The lowest BCUT2D eigenvalue weighted by Gasteiger charge is -2.06. The third-order valence-corrected chi connectivity index (χ3v) is 2.27. The summed E-state index contributed by atoms with van der Waals surface area (Å²) in [7, 11) is 0. The van der Waals surface area contributed by atoms with Gasteiger partial charge >= 0.3 is 0 Å². The van der Waals surface area contributed by atoms with Gasteiger partial charge in [-0.2, -0.15) is 5.26 Å². The number of nitriles is 1. The molecule has 0 amide bonds. The summed E-state index contributed by atoms with van der Waals surface area (Å²) in [6, 6.07) is 2.01. The molecule has 0 aliphatic rings. The largest absolute Gasteiger partial charge is 0.387 e. The van der Waals surface area contributed by atoms with Crippen molar-refractivity contribution in [2.24, 2.45) is 0 Å². The van der Waals surface area contributed by atoms with Crippen LogP contribution in [0, 0.1) is 11.3 Å². The van der Waals surface area contributed by atoms with Crippen molar-refractivity contribution in [3.8, 4) is 6.07 Å². The molecule has 1 rings (SSSR count). The fraction of sp³-hybridized carbons (Fsp3) is 0.636. The van der Waals surface area contributed by atoms with Crippen LogP contribution < -0.4 is 0 Å². The molecule has 0 fully saturated rings. The van der Waals surface area contributed by atoms with E-state index < -0.39 is 6.10 Å². The molecule has 1 aromatic heterocycles. The number of nitrogens with zero attached hydrogens (tertiary/aromatic N) is 2. The van der Waals surface area contributed by atoms with Crippen LogP contribution in [-0.4, -0.2) is 15.1 Å². The summed E-state index contributed by atoms with van der Waals surface area (Å²) in [4.78, 5) is 7.18. The Kier molecular flexibility index (Phi) is 4.32. The monoisotopic (exact) mass is 207 g/mol. The van der Waals surface area contributed by atoms with Crippen LogP contribution in [0.4, 0.5) is 0 Å². The molecule has 1 atom stereocenters. The maximum Gasteiger partial charge on any atom is 0.164 e. The van der Waals surface area contributed by atoms with Crippen LogP contribution in [0.2, 0.25) is 0 Å². The van der Waals surface area contributed by atoms with E-state index in [9.17, 15) is 5.11 Å². The molecule has 4 nitrogen and oxygen atoms in total. The van der Waals surface area contributed by atoms with Gasteiger partial charge in [0.2, 0.25) is 0 Å². The molecule has 0 radical (unpaired) electrons. The van der Waals surface area contributed by atoms with Crippen molar-refractivity contribution in [1.82, 2.24) is 9.97 Å². The van der Waals surface area contributed by atoms with Crippen LogP contribution in [0.25, 0.3) is 0 Å². The highest BCUT2D eigenvalue weighted by Crippen LogP contribution is 2.20. The summed E-state index contributed by atoms with van der Waals surface area (Å²) in [5.41, 5.74) is 0.905. The Morgan fingerprint density at radius 3 is 2.73 bits per heavy atom. The van der Waals surface area contributed by atoms with Gasteiger partial charge in [0, 0.05) is 6.42 Å². The minimum absolute atomic E-state index is 0.333. The van der Waals surface area contributed by atoms with Gasteiger partial charge in [0.15, 0.2) is 5.69 Å². The van der Waals surface area contributed by atoms with Gasteiger partial charge in [-0.3, -0.25) is 0 Å². The number of hydrogen-bond acceptors (Lipinski definition) is 3. The predicted octanol–water partition coefficient (Wildman–Crippen LogP) is 2.07. The third-order valence-electron chi connectivity index (χ3n) is 2.27. The lowest BCUT2D eigenvalue weighted by atomic mass is 10.1. The minimum atomic E-state index is -0.595. The molecule has 0 aliphatic carbocycles. The highest BCUT2D eigenvalue weighted by atomic mass is 16.3. The second kappa shape index (κ2) is 5.52. The van der Waals surface area contributed by atoms with Crippen molar-refractivity contribution in [2.75, 3.05) is 0 Å². The molecule has 0 aliphatic heterocycles. The van der Waals surface area contributed by atoms with E-state index in [0.29, 0.717) is 17.8 Å². The molecular weight excluding hydrogens is 190 g/mol. The zero-order valence-corrected chi connectivity index (χ0v) is 9.25. The van der Waals surface area contributed by atoms with Crippen molar-refractivity contribution < 1.29 is 5.11 Å². The zero-order valence-electron chi connectivity index (χ0n) is 9.25. The average Bonchev–Trinajstić information content (AvgIpc) is 2.62. The zero-order chi connectivity index (χ0) is 11.3. The number of aromatic amines is 1. The number of aliphatic hydroxyl groups is 1. The highest BCUT2D eigenvalue weighted by molar-refractivity contribution is 5.29. The molecule has 15 heavy (non-hydrogen) atoms. The normalized spacial score (nSPS) is 12.4. The lowest BCUT2D eigenvalue weighted by molar-refractivity contribution is 0.162. The van der Waals surface area contributed by atoms with E-state index in [1.54, 1.807) is 0 Å². The molecule has 82 valence electrons. The quantitative estimate of drug-likeness (QED) is 0.776. The van der Waals surface area contributed by atoms with E-state index in [0.717, 1.165) is 25.1 Å². The van der Waals surface area contributed by atoms with Crippen LogP contribution in [0.1, 0.15) is 56.4 Å². The van der Waals surface area contributed by atoms with Crippen LogP contribution in [0.15, 0.2) is 0 Å². The molecule has 0 aromatic carbocycles. The topological polar surface area (TPSA) is 72.7 Å². The Balaban J connectivity index is 2.90. The molecule has 0 bridgehead atoms. The predicted molar refractivity (Wildman–Crippen MR) is 57.2 cm³/mol. The van der Waals surface area contributed by atoms with Crippen LogP contribution in [0.5, 0.6) is 0 Å². The summed E-state index contributed by atoms with van der Waals surface area (Å²) >= 11 is 0. The average molecular weight is 207 g/mol. The summed E-state index contributed by atoms with van der Waals surface area (Å²) < 4.78 is 0. The minimum Gasteiger partial charge on any atom is -0.387 e. The van der Waals surface area contributed by atoms with E-state index in [1.165, 1.54) is 0 Å². The second-order valence-corrected chi connectivity index (χ2v) is 3.61. The second-order valence-electron chi connectivity index (χ2n) is 3.61. The maximum absolute atomic E-state index is 9.79. The first kappa shape index (κ1) is 11.7. The van der Waals surface area contributed by atoms with Crippen LogP contribution in [0.3, 0.4) is 0 Å². The van der Waals surface area contributed by atoms with Crippen molar-refractivity contribution in [2.45, 2.75) is 45.6 Å². The first-order chi connectivity index (χ1) is 7.22. The van der Waals surface area contributed by atoms with Gasteiger partial charge in [0.05, 0.1) is 11.8 Å². The SMILES string of the molecule is CCCc1nc(C#N)c(C(O)CCC)[nH]1. The lowest BCUT2D eigenvalue weighted by Crippen LogP contribution is -1.99. The van der Waals surface area contributed by atoms with Crippen molar-refractivity contribution in [3.05, 3.63) is 17.2 Å². The number of hydrogen-bond donors (Lipinski definition) is 2. The molecule has 1 unspecified atom stereocenters. The molecule has 4 heteroatoms. The number of rotatable bonds is 5. The van der Waals surface area contributed by atoms with E-state index in [4.69, 9.17) is 5.26 Å².